The minimum absolute atomic E-state index is 0.350. The van der Waals surface area contributed by atoms with Crippen LogP contribution < -0.4 is 10.9 Å². The molecule has 1 aromatic heterocycles. The van der Waals surface area contributed by atoms with E-state index in [9.17, 15) is 4.79 Å². The van der Waals surface area contributed by atoms with Crippen LogP contribution in [0.1, 0.15) is 11.1 Å². The van der Waals surface area contributed by atoms with E-state index in [1.165, 1.54) is 11.6 Å². The standard InChI is InChI=1S/C17H15NO2/c1-11-7-8-12(2)14(9-11)18-15-10-17(19)20-16-6-4-3-5-13(15)16/h3-10,18H,1-2H3. The minimum atomic E-state index is -0.350. The summed E-state index contributed by atoms with van der Waals surface area (Å²) in [5, 5.41) is 4.23. The van der Waals surface area contributed by atoms with E-state index in [0.29, 0.717) is 5.58 Å². The van der Waals surface area contributed by atoms with Crippen molar-refractivity contribution in [2.45, 2.75) is 13.8 Å². The lowest BCUT2D eigenvalue weighted by molar-refractivity contribution is 0.561. The zero-order valence-corrected chi connectivity index (χ0v) is 11.4. The molecule has 0 radical (unpaired) electrons. The van der Waals surface area contributed by atoms with Crippen LogP contribution in [-0.2, 0) is 0 Å². The molecule has 3 heteroatoms. The van der Waals surface area contributed by atoms with Crippen molar-refractivity contribution in [2.75, 3.05) is 5.32 Å². The van der Waals surface area contributed by atoms with Gasteiger partial charge in [-0.25, -0.2) is 4.79 Å². The summed E-state index contributed by atoms with van der Waals surface area (Å²) in [6, 6.07) is 15.2. The fourth-order valence-corrected chi connectivity index (χ4v) is 2.23. The number of nitrogens with one attached hydrogen (secondary N) is 1. The van der Waals surface area contributed by atoms with Crippen LogP contribution in [0.15, 0.2) is 57.7 Å². The zero-order chi connectivity index (χ0) is 14.1. The summed E-state index contributed by atoms with van der Waals surface area (Å²) >= 11 is 0. The second-order valence-electron chi connectivity index (χ2n) is 4.92. The van der Waals surface area contributed by atoms with E-state index in [-0.39, 0.29) is 5.63 Å². The summed E-state index contributed by atoms with van der Waals surface area (Å²) in [5.74, 6) is 0. The molecule has 0 unspecified atom stereocenters. The quantitative estimate of drug-likeness (QED) is 0.708. The number of aryl methyl sites for hydroxylation is 2. The fourth-order valence-electron chi connectivity index (χ4n) is 2.23. The Morgan fingerprint density at radius 3 is 2.60 bits per heavy atom. The highest BCUT2D eigenvalue weighted by Crippen LogP contribution is 2.26. The van der Waals surface area contributed by atoms with Crippen LogP contribution in [-0.4, -0.2) is 0 Å². The molecule has 1 N–H and O–H groups in total. The van der Waals surface area contributed by atoms with Crippen LogP contribution >= 0.6 is 0 Å². The van der Waals surface area contributed by atoms with Crippen LogP contribution in [0.5, 0.6) is 0 Å². The second kappa shape index (κ2) is 4.85. The maximum atomic E-state index is 11.6. The molecule has 0 atom stereocenters. The van der Waals surface area contributed by atoms with Crippen molar-refractivity contribution >= 4 is 22.3 Å². The SMILES string of the molecule is Cc1ccc(C)c(Nc2cc(=O)oc3ccccc23)c1. The van der Waals surface area contributed by atoms with Gasteiger partial charge >= 0.3 is 5.63 Å². The van der Waals surface area contributed by atoms with Crippen LogP contribution in [0.4, 0.5) is 11.4 Å². The highest BCUT2D eigenvalue weighted by Gasteiger charge is 2.06. The van der Waals surface area contributed by atoms with Gasteiger partial charge in [-0.05, 0) is 43.2 Å². The van der Waals surface area contributed by atoms with E-state index in [0.717, 1.165) is 22.3 Å². The highest BCUT2D eigenvalue weighted by molar-refractivity contribution is 5.91. The number of hydrogen-bond acceptors (Lipinski definition) is 3. The molecule has 0 amide bonds. The molecule has 3 nitrogen and oxygen atoms in total. The Kier molecular flexibility index (Phi) is 3.03. The van der Waals surface area contributed by atoms with Crippen molar-refractivity contribution in [3.05, 3.63) is 70.1 Å². The van der Waals surface area contributed by atoms with E-state index >= 15 is 0 Å². The summed E-state index contributed by atoms with van der Waals surface area (Å²) < 4.78 is 5.20. The summed E-state index contributed by atoms with van der Waals surface area (Å²) in [6.07, 6.45) is 0. The minimum Gasteiger partial charge on any atom is -0.423 e. The summed E-state index contributed by atoms with van der Waals surface area (Å²) in [7, 11) is 0. The predicted octanol–water partition coefficient (Wildman–Crippen LogP) is 4.15. The Hall–Kier alpha value is -2.55. The Balaban J connectivity index is 2.15. The fraction of sp³-hybridized carbons (Fsp3) is 0.118. The van der Waals surface area contributed by atoms with Crippen molar-refractivity contribution in [3.8, 4) is 0 Å². The molecule has 0 spiro atoms. The average Bonchev–Trinajstić information content (AvgIpc) is 2.43. The van der Waals surface area contributed by atoms with Gasteiger partial charge in [0.2, 0.25) is 0 Å². The molecule has 1 heterocycles. The van der Waals surface area contributed by atoms with Gasteiger partial charge in [-0.3, -0.25) is 0 Å². The maximum absolute atomic E-state index is 11.6. The van der Waals surface area contributed by atoms with E-state index in [4.69, 9.17) is 4.42 Å². The van der Waals surface area contributed by atoms with Crippen LogP contribution in [0.25, 0.3) is 11.0 Å². The summed E-state index contributed by atoms with van der Waals surface area (Å²) in [5.41, 5.74) is 4.31. The van der Waals surface area contributed by atoms with Gasteiger partial charge in [0, 0.05) is 17.1 Å². The zero-order valence-electron chi connectivity index (χ0n) is 11.4. The molecule has 2 aromatic carbocycles. The van der Waals surface area contributed by atoms with E-state index in [1.807, 2.05) is 32.0 Å². The van der Waals surface area contributed by atoms with E-state index in [1.54, 1.807) is 6.07 Å². The third-order valence-electron chi connectivity index (χ3n) is 3.31. The summed E-state index contributed by atoms with van der Waals surface area (Å²) in [4.78, 5) is 11.6. The normalized spacial score (nSPS) is 10.7. The Bertz CT molecular complexity index is 834. The van der Waals surface area contributed by atoms with Crippen LogP contribution in [0.3, 0.4) is 0 Å². The Morgan fingerprint density at radius 1 is 0.950 bits per heavy atom. The molecule has 0 aliphatic rings. The molecule has 0 bridgehead atoms. The first-order chi connectivity index (χ1) is 9.63. The predicted molar refractivity (Wildman–Crippen MR) is 81.7 cm³/mol. The number of hydrogen-bond donors (Lipinski definition) is 1. The molecular formula is C17H15NO2. The first-order valence-electron chi connectivity index (χ1n) is 6.51. The van der Waals surface area contributed by atoms with Crippen molar-refractivity contribution in [3.63, 3.8) is 0 Å². The van der Waals surface area contributed by atoms with Gasteiger partial charge in [-0.2, -0.15) is 0 Å². The first kappa shape index (κ1) is 12.5. The van der Waals surface area contributed by atoms with Gasteiger partial charge in [0.25, 0.3) is 0 Å². The van der Waals surface area contributed by atoms with Crippen molar-refractivity contribution in [1.82, 2.24) is 0 Å². The van der Waals surface area contributed by atoms with Crippen molar-refractivity contribution in [1.29, 1.82) is 0 Å². The summed E-state index contributed by atoms with van der Waals surface area (Å²) in [6.45, 7) is 4.08. The molecule has 100 valence electrons. The lowest BCUT2D eigenvalue weighted by atomic mass is 10.1. The van der Waals surface area contributed by atoms with E-state index in [2.05, 4.69) is 23.5 Å². The topological polar surface area (TPSA) is 42.2 Å². The molecule has 0 fully saturated rings. The third kappa shape index (κ3) is 2.30. The molecule has 3 aromatic rings. The van der Waals surface area contributed by atoms with Gasteiger partial charge in [0.05, 0.1) is 5.69 Å². The molecule has 20 heavy (non-hydrogen) atoms. The molecule has 0 saturated heterocycles. The highest BCUT2D eigenvalue weighted by atomic mass is 16.4. The first-order valence-corrected chi connectivity index (χ1v) is 6.51. The van der Waals surface area contributed by atoms with Gasteiger partial charge in [-0.1, -0.05) is 24.3 Å². The average molecular weight is 265 g/mol. The molecule has 3 rings (SSSR count). The van der Waals surface area contributed by atoms with Crippen LogP contribution in [0.2, 0.25) is 0 Å². The largest absolute Gasteiger partial charge is 0.423 e. The van der Waals surface area contributed by atoms with Crippen LogP contribution in [0, 0.1) is 13.8 Å². The number of rotatable bonds is 2. The number of para-hydroxylation sites is 1. The molecule has 0 aliphatic carbocycles. The van der Waals surface area contributed by atoms with Crippen molar-refractivity contribution < 1.29 is 4.42 Å². The van der Waals surface area contributed by atoms with Gasteiger partial charge in [0.1, 0.15) is 5.58 Å². The van der Waals surface area contributed by atoms with Gasteiger partial charge < -0.3 is 9.73 Å². The molecule has 0 aliphatic heterocycles. The third-order valence-corrected chi connectivity index (χ3v) is 3.31. The smallest absolute Gasteiger partial charge is 0.338 e. The van der Waals surface area contributed by atoms with Gasteiger partial charge in [-0.15, -0.1) is 0 Å². The monoisotopic (exact) mass is 265 g/mol. The lowest BCUT2D eigenvalue weighted by Crippen LogP contribution is -2.02. The van der Waals surface area contributed by atoms with Crippen molar-refractivity contribution in [2.24, 2.45) is 0 Å². The van der Waals surface area contributed by atoms with Gasteiger partial charge in [0.15, 0.2) is 0 Å². The number of anilines is 2. The second-order valence-corrected chi connectivity index (χ2v) is 4.92. The maximum Gasteiger partial charge on any atom is 0.338 e. The number of fused-ring (bicyclic) bond motifs is 1. The number of benzene rings is 2. The molecular weight excluding hydrogens is 250 g/mol. The Labute approximate surface area is 116 Å². The van der Waals surface area contributed by atoms with E-state index < -0.39 is 0 Å². The lowest BCUT2D eigenvalue weighted by Gasteiger charge is -2.12. The molecule has 0 saturated carbocycles. The Morgan fingerprint density at radius 2 is 1.75 bits per heavy atom.